The molecule has 0 nitrogen and oxygen atoms in total. The van der Waals surface area contributed by atoms with Crippen LogP contribution in [0.3, 0.4) is 0 Å². The van der Waals surface area contributed by atoms with E-state index in [1.807, 2.05) is 0 Å². The Morgan fingerprint density at radius 1 is 1.14 bits per heavy atom. The Morgan fingerprint density at radius 2 is 1.86 bits per heavy atom. The second-order valence-electron chi connectivity index (χ2n) is 3.65. The molecule has 0 fully saturated rings. The van der Waals surface area contributed by atoms with Crippen LogP contribution in [0.5, 0.6) is 0 Å². The van der Waals surface area contributed by atoms with Gasteiger partial charge in [0, 0.05) is 3.92 Å². The summed E-state index contributed by atoms with van der Waals surface area (Å²) in [4.78, 5) is 0. The molecule has 72 valence electrons. The SMILES string of the molecule is CC1C=CC(c2ccccc2)=CC1I. The van der Waals surface area contributed by atoms with Gasteiger partial charge in [-0.2, -0.15) is 0 Å². The van der Waals surface area contributed by atoms with Crippen molar-refractivity contribution in [3.8, 4) is 0 Å². The summed E-state index contributed by atoms with van der Waals surface area (Å²) < 4.78 is 0.618. The van der Waals surface area contributed by atoms with E-state index in [0.29, 0.717) is 9.84 Å². The van der Waals surface area contributed by atoms with Crippen LogP contribution in [0.25, 0.3) is 5.57 Å². The van der Waals surface area contributed by atoms with E-state index in [1.54, 1.807) is 0 Å². The zero-order chi connectivity index (χ0) is 9.97. The largest absolute Gasteiger partial charge is 0.0797 e. The molecule has 1 aliphatic carbocycles. The molecule has 0 saturated carbocycles. The third-order valence-electron chi connectivity index (χ3n) is 2.53. The van der Waals surface area contributed by atoms with Gasteiger partial charge in [-0.3, -0.25) is 0 Å². The Kier molecular flexibility index (Phi) is 3.06. The van der Waals surface area contributed by atoms with Crippen LogP contribution in [0, 0.1) is 5.92 Å². The van der Waals surface area contributed by atoms with Crippen molar-refractivity contribution >= 4 is 28.2 Å². The summed E-state index contributed by atoms with van der Waals surface area (Å²) >= 11 is 2.50. The Hall–Kier alpha value is -0.570. The molecule has 1 aliphatic rings. The number of benzene rings is 1. The average Bonchev–Trinajstić information content (AvgIpc) is 2.23. The lowest BCUT2D eigenvalue weighted by atomic mass is 9.94. The molecule has 1 aromatic carbocycles. The lowest BCUT2D eigenvalue weighted by Crippen LogP contribution is -2.08. The summed E-state index contributed by atoms with van der Waals surface area (Å²) in [5.74, 6) is 0.656. The van der Waals surface area contributed by atoms with E-state index < -0.39 is 0 Å². The average molecular weight is 296 g/mol. The van der Waals surface area contributed by atoms with Gasteiger partial charge in [-0.1, -0.05) is 78.1 Å². The van der Waals surface area contributed by atoms with Crippen LogP contribution >= 0.6 is 22.6 Å². The maximum absolute atomic E-state index is 2.50. The van der Waals surface area contributed by atoms with E-state index in [4.69, 9.17) is 0 Å². The van der Waals surface area contributed by atoms with Crippen molar-refractivity contribution in [3.05, 3.63) is 54.1 Å². The van der Waals surface area contributed by atoms with E-state index in [-0.39, 0.29) is 0 Å². The number of rotatable bonds is 1. The maximum atomic E-state index is 2.50. The Balaban J connectivity index is 2.30. The highest BCUT2D eigenvalue weighted by atomic mass is 127. The molecule has 0 heterocycles. The van der Waals surface area contributed by atoms with E-state index in [0.717, 1.165) is 0 Å². The number of hydrogen-bond acceptors (Lipinski definition) is 0. The van der Waals surface area contributed by atoms with Crippen molar-refractivity contribution < 1.29 is 0 Å². The second-order valence-corrected chi connectivity index (χ2v) is 5.09. The van der Waals surface area contributed by atoms with Gasteiger partial charge in [0.1, 0.15) is 0 Å². The third kappa shape index (κ3) is 2.08. The van der Waals surface area contributed by atoms with Crippen molar-refractivity contribution in [1.82, 2.24) is 0 Å². The second kappa shape index (κ2) is 4.30. The van der Waals surface area contributed by atoms with Gasteiger partial charge in [-0.15, -0.1) is 0 Å². The van der Waals surface area contributed by atoms with Crippen LogP contribution in [-0.2, 0) is 0 Å². The first-order valence-electron chi connectivity index (χ1n) is 4.87. The van der Waals surface area contributed by atoms with Crippen LogP contribution in [0.2, 0.25) is 0 Å². The molecule has 1 heteroatoms. The molecule has 2 unspecified atom stereocenters. The fourth-order valence-corrected chi connectivity index (χ4v) is 2.19. The van der Waals surface area contributed by atoms with Crippen molar-refractivity contribution in [2.75, 3.05) is 0 Å². The highest BCUT2D eigenvalue weighted by Gasteiger charge is 2.13. The molecular weight excluding hydrogens is 283 g/mol. The number of allylic oxidation sites excluding steroid dienone is 4. The quantitative estimate of drug-likeness (QED) is 0.541. The van der Waals surface area contributed by atoms with Gasteiger partial charge in [0.15, 0.2) is 0 Å². The molecule has 0 aliphatic heterocycles. The van der Waals surface area contributed by atoms with Gasteiger partial charge in [-0.05, 0) is 17.1 Å². The first kappa shape index (κ1) is 9.97. The topological polar surface area (TPSA) is 0 Å². The lowest BCUT2D eigenvalue weighted by molar-refractivity contribution is 0.775. The van der Waals surface area contributed by atoms with E-state index in [2.05, 4.69) is 78.1 Å². The Morgan fingerprint density at radius 3 is 2.50 bits per heavy atom. The number of alkyl halides is 1. The van der Waals surface area contributed by atoms with Gasteiger partial charge < -0.3 is 0 Å². The van der Waals surface area contributed by atoms with Gasteiger partial charge in [-0.25, -0.2) is 0 Å². The van der Waals surface area contributed by atoms with Crippen LogP contribution in [0.1, 0.15) is 12.5 Å². The van der Waals surface area contributed by atoms with Crippen molar-refractivity contribution in [1.29, 1.82) is 0 Å². The smallest absolute Gasteiger partial charge is 0.0358 e. The van der Waals surface area contributed by atoms with Crippen molar-refractivity contribution in [2.24, 2.45) is 5.92 Å². The highest BCUT2D eigenvalue weighted by Crippen LogP contribution is 2.28. The molecule has 0 amide bonds. The molecule has 0 spiro atoms. The molecule has 0 bridgehead atoms. The minimum Gasteiger partial charge on any atom is -0.0797 e. The van der Waals surface area contributed by atoms with Crippen LogP contribution in [-0.4, -0.2) is 3.92 Å². The summed E-state index contributed by atoms with van der Waals surface area (Å²) in [6.07, 6.45) is 6.87. The first-order valence-corrected chi connectivity index (χ1v) is 6.11. The van der Waals surface area contributed by atoms with E-state index in [1.165, 1.54) is 11.1 Å². The van der Waals surface area contributed by atoms with Gasteiger partial charge >= 0.3 is 0 Å². The summed E-state index contributed by atoms with van der Waals surface area (Å²) in [5.41, 5.74) is 2.67. The Labute approximate surface area is 98.9 Å². The monoisotopic (exact) mass is 296 g/mol. The highest BCUT2D eigenvalue weighted by molar-refractivity contribution is 14.1. The van der Waals surface area contributed by atoms with Crippen molar-refractivity contribution in [2.45, 2.75) is 10.8 Å². The normalized spacial score (nSPS) is 26.0. The number of halogens is 1. The maximum Gasteiger partial charge on any atom is 0.0358 e. The van der Waals surface area contributed by atoms with Gasteiger partial charge in [0.05, 0.1) is 0 Å². The van der Waals surface area contributed by atoms with Crippen LogP contribution in [0.15, 0.2) is 48.6 Å². The first-order chi connectivity index (χ1) is 6.77. The predicted octanol–water partition coefficient (Wildman–Crippen LogP) is 4.08. The summed E-state index contributed by atoms with van der Waals surface area (Å²) in [6, 6.07) is 10.6. The third-order valence-corrected chi connectivity index (χ3v) is 4.02. The standard InChI is InChI=1S/C13H13I/c1-10-7-8-12(9-13(10)14)11-5-3-2-4-6-11/h2-10,13H,1H3. The fourth-order valence-electron chi connectivity index (χ4n) is 1.56. The number of hydrogen-bond donors (Lipinski definition) is 0. The summed E-state index contributed by atoms with van der Waals surface area (Å²) in [7, 11) is 0. The fraction of sp³-hybridized carbons (Fsp3) is 0.231. The van der Waals surface area contributed by atoms with E-state index >= 15 is 0 Å². The van der Waals surface area contributed by atoms with Gasteiger partial charge in [0.2, 0.25) is 0 Å². The minimum atomic E-state index is 0.618. The Bertz CT molecular complexity index is 362. The molecular formula is C13H13I. The van der Waals surface area contributed by atoms with Crippen LogP contribution in [0.4, 0.5) is 0 Å². The molecule has 2 rings (SSSR count). The minimum absolute atomic E-state index is 0.618. The summed E-state index contributed by atoms with van der Waals surface area (Å²) in [6.45, 7) is 2.26. The molecule has 2 atom stereocenters. The predicted molar refractivity (Wildman–Crippen MR) is 70.5 cm³/mol. The lowest BCUT2D eigenvalue weighted by Gasteiger charge is -2.17. The molecule has 0 N–H and O–H groups in total. The molecule has 0 radical (unpaired) electrons. The summed E-state index contributed by atoms with van der Waals surface area (Å²) in [5, 5.41) is 0. The van der Waals surface area contributed by atoms with Gasteiger partial charge in [0.25, 0.3) is 0 Å². The van der Waals surface area contributed by atoms with Crippen LogP contribution < -0.4 is 0 Å². The molecule has 14 heavy (non-hydrogen) atoms. The molecule has 0 saturated heterocycles. The molecule has 1 aromatic rings. The van der Waals surface area contributed by atoms with Crippen molar-refractivity contribution in [3.63, 3.8) is 0 Å². The zero-order valence-electron chi connectivity index (χ0n) is 8.15. The molecule has 0 aromatic heterocycles. The van der Waals surface area contributed by atoms with E-state index in [9.17, 15) is 0 Å². The zero-order valence-corrected chi connectivity index (χ0v) is 10.3.